The van der Waals surface area contributed by atoms with Crippen LogP contribution in [0.5, 0.6) is 0 Å². The van der Waals surface area contributed by atoms with Crippen LogP contribution >= 0.6 is 34.9 Å². The normalized spacial score (nSPS) is 10.0. The monoisotopic (exact) mass is 466 g/mol. The Morgan fingerprint density at radius 2 is 1.16 bits per heavy atom. The highest BCUT2D eigenvalue weighted by Gasteiger charge is 2.11. The Morgan fingerprint density at radius 1 is 0.774 bits per heavy atom. The van der Waals surface area contributed by atoms with Crippen molar-refractivity contribution in [2.24, 2.45) is 0 Å². The maximum atomic E-state index is 12.1. The molecule has 11 heteroatoms. The summed E-state index contributed by atoms with van der Waals surface area (Å²) >= 11 is 3.82. The topological polar surface area (TPSA) is 132 Å². The molecule has 0 radical (unpaired) electrons. The van der Waals surface area contributed by atoms with Gasteiger partial charge in [-0.25, -0.2) is 0 Å². The van der Waals surface area contributed by atoms with Crippen LogP contribution in [-0.2, 0) is 9.59 Å². The van der Waals surface area contributed by atoms with Gasteiger partial charge in [0.15, 0.2) is 8.68 Å². The minimum atomic E-state index is -0.194. The molecule has 0 saturated heterocycles. The van der Waals surface area contributed by atoms with Crippen molar-refractivity contribution in [2.45, 2.75) is 8.68 Å². The van der Waals surface area contributed by atoms with E-state index in [9.17, 15) is 9.59 Å². The van der Waals surface area contributed by atoms with Crippen LogP contribution in [0.15, 0.2) is 57.2 Å². The second kappa shape index (κ2) is 11.1. The van der Waals surface area contributed by atoms with Crippen molar-refractivity contribution >= 4 is 58.0 Å². The summed E-state index contributed by atoms with van der Waals surface area (Å²) in [6, 6.07) is 17.3. The van der Waals surface area contributed by atoms with Crippen molar-refractivity contribution in [2.75, 3.05) is 22.1 Å². The van der Waals surface area contributed by atoms with E-state index in [-0.39, 0.29) is 23.3 Å². The van der Waals surface area contributed by atoms with Gasteiger partial charge in [0.1, 0.15) is 0 Å². The Hall–Kier alpha value is -3.38. The Bertz CT molecular complexity index is 1060. The molecule has 1 aromatic heterocycles. The molecule has 3 aromatic rings. The fourth-order valence-corrected chi connectivity index (χ4v) is 4.84. The number of anilines is 2. The van der Waals surface area contributed by atoms with E-state index < -0.39 is 0 Å². The summed E-state index contributed by atoms with van der Waals surface area (Å²) in [6.45, 7) is 0. The van der Waals surface area contributed by atoms with E-state index in [0.717, 1.165) is 0 Å². The van der Waals surface area contributed by atoms with Crippen LogP contribution in [0.4, 0.5) is 11.4 Å². The highest BCUT2D eigenvalue weighted by molar-refractivity contribution is 8.03. The zero-order valence-electron chi connectivity index (χ0n) is 15.9. The number of thioether (sulfide) groups is 2. The molecule has 1 heterocycles. The minimum absolute atomic E-state index is 0.165. The standard InChI is InChI=1S/C20H14N6O2S3/c21-9-13-1-5-15(6-2-13)23-17(27)11-29-19-25-26-20(31-19)30-12-18(28)24-16-7-3-14(10-22)4-8-16/h1-8H,11-12H2,(H,23,27)(H,24,28). The average molecular weight is 467 g/mol. The molecule has 0 atom stereocenters. The number of hydrogen-bond acceptors (Lipinski definition) is 9. The minimum Gasteiger partial charge on any atom is -0.325 e. The Balaban J connectivity index is 1.41. The van der Waals surface area contributed by atoms with Crippen molar-refractivity contribution < 1.29 is 9.59 Å². The third-order valence-electron chi connectivity index (χ3n) is 3.64. The maximum Gasteiger partial charge on any atom is 0.234 e. The van der Waals surface area contributed by atoms with Gasteiger partial charge >= 0.3 is 0 Å². The lowest BCUT2D eigenvalue weighted by Crippen LogP contribution is -2.13. The summed E-state index contributed by atoms with van der Waals surface area (Å²) in [4.78, 5) is 24.1. The Labute approximate surface area is 190 Å². The van der Waals surface area contributed by atoms with E-state index >= 15 is 0 Å². The Morgan fingerprint density at radius 3 is 1.52 bits per heavy atom. The van der Waals surface area contributed by atoms with Gasteiger partial charge in [-0.05, 0) is 48.5 Å². The fourth-order valence-electron chi connectivity index (χ4n) is 2.22. The average Bonchev–Trinajstić information content (AvgIpc) is 3.25. The van der Waals surface area contributed by atoms with Gasteiger partial charge in [0.25, 0.3) is 0 Å². The molecule has 154 valence electrons. The van der Waals surface area contributed by atoms with Crippen molar-refractivity contribution in [3.63, 3.8) is 0 Å². The second-order valence-corrected chi connectivity index (χ2v) is 9.31. The molecule has 2 amide bonds. The molecule has 0 aliphatic heterocycles. The van der Waals surface area contributed by atoms with E-state index in [2.05, 4.69) is 20.8 Å². The number of nitrogens with one attached hydrogen (secondary N) is 2. The lowest BCUT2D eigenvalue weighted by molar-refractivity contribution is -0.114. The third kappa shape index (κ3) is 7.12. The molecule has 31 heavy (non-hydrogen) atoms. The molecular formula is C20H14N6O2S3. The number of aromatic nitrogens is 2. The van der Waals surface area contributed by atoms with Crippen molar-refractivity contribution in [1.82, 2.24) is 10.2 Å². The van der Waals surface area contributed by atoms with Gasteiger partial charge in [0.2, 0.25) is 11.8 Å². The molecule has 0 aliphatic rings. The molecule has 0 fully saturated rings. The number of rotatable bonds is 8. The summed E-state index contributed by atoms with van der Waals surface area (Å²) in [6.07, 6.45) is 0. The number of nitrogens with zero attached hydrogens (tertiary/aromatic N) is 4. The second-order valence-electron chi connectivity index (χ2n) is 5.89. The van der Waals surface area contributed by atoms with Gasteiger partial charge < -0.3 is 10.6 Å². The van der Waals surface area contributed by atoms with Crippen molar-refractivity contribution in [3.05, 3.63) is 59.7 Å². The molecular weight excluding hydrogens is 452 g/mol. The molecule has 3 rings (SSSR count). The number of benzene rings is 2. The SMILES string of the molecule is N#Cc1ccc(NC(=O)CSc2nnc(SCC(=O)Nc3ccc(C#N)cc3)s2)cc1. The third-order valence-corrected chi connectivity index (χ3v) is 6.83. The fraction of sp³-hybridized carbons (Fsp3) is 0.100. The molecule has 2 aromatic carbocycles. The number of carbonyl (C=O) groups is 2. The van der Waals surface area contributed by atoms with Crippen LogP contribution < -0.4 is 10.6 Å². The van der Waals surface area contributed by atoms with Gasteiger partial charge in [-0.3, -0.25) is 9.59 Å². The highest BCUT2D eigenvalue weighted by Crippen LogP contribution is 2.29. The summed E-state index contributed by atoms with van der Waals surface area (Å²) in [5.41, 5.74) is 2.28. The molecule has 0 spiro atoms. The molecule has 8 nitrogen and oxygen atoms in total. The first kappa shape index (κ1) is 22.3. The van der Waals surface area contributed by atoms with Crippen molar-refractivity contribution in [3.8, 4) is 12.1 Å². The van der Waals surface area contributed by atoms with Crippen LogP contribution in [0.3, 0.4) is 0 Å². The zero-order chi connectivity index (χ0) is 22.1. The predicted molar refractivity (Wildman–Crippen MR) is 121 cm³/mol. The van der Waals surface area contributed by atoms with Gasteiger partial charge in [-0.2, -0.15) is 10.5 Å². The van der Waals surface area contributed by atoms with Crippen LogP contribution in [0.1, 0.15) is 11.1 Å². The van der Waals surface area contributed by atoms with Crippen LogP contribution in [0.25, 0.3) is 0 Å². The van der Waals surface area contributed by atoms with E-state index in [1.807, 2.05) is 12.1 Å². The van der Waals surface area contributed by atoms with E-state index in [4.69, 9.17) is 10.5 Å². The van der Waals surface area contributed by atoms with E-state index in [0.29, 0.717) is 31.2 Å². The number of hydrogen-bond donors (Lipinski definition) is 2. The molecule has 0 unspecified atom stereocenters. The number of nitriles is 2. The van der Waals surface area contributed by atoms with Crippen LogP contribution in [-0.4, -0.2) is 33.5 Å². The van der Waals surface area contributed by atoms with Crippen LogP contribution in [0.2, 0.25) is 0 Å². The molecule has 0 bridgehead atoms. The first-order valence-corrected chi connectivity index (χ1v) is 11.5. The quantitative estimate of drug-likeness (QED) is 0.480. The Kier molecular flexibility index (Phi) is 8.01. The summed E-state index contributed by atoms with van der Waals surface area (Å²) in [5, 5.41) is 31.1. The first-order valence-electron chi connectivity index (χ1n) is 8.75. The van der Waals surface area contributed by atoms with Gasteiger partial charge in [0.05, 0.1) is 34.8 Å². The summed E-state index contributed by atoms with van der Waals surface area (Å²) in [5.74, 6) is -0.0569. The predicted octanol–water partition coefficient (Wildman–Crippen LogP) is 3.74. The zero-order valence-corrected chi connectivity index (χ0v) is 18.3. The van der Waals surface area contributed by atoms with Crippen molar-refractivity contribution in [1.29, 1.82) is 10.5 Å². The van der Waals surface area contributed by atoms with Gasteiger partial charge in [0, 0.05) is 11.4 Å². The maximum absolute atomic E-state index is 12.1. The van der Waals surface area contributed by atoms with Gasteiger partial charge in [-0.1, -0.05) is 34.9 Å². The molecule has 0 aliphatic carbocycles. The smallest absolute Gasteiger partial charge is 0.234 e. The van der Waals surface area contributed by atoms with E-state index in [1.165, 1.54) is 34.9 Å². The lowest BCUT2D eigenvalue weighted by atomic mass is 10.2. The highest BCUT2D eigenvalue weighted by atomic mass is 32.2. The summed E-state index contributed by atoms with van der Waals surface area (Å²) in [7, 11) is 0. The number of amides is 2. The number of carbonyl (C=O) groups excluding carboxylic acids is 2. The lowest BCUT2D eigenvalue weighted by Gasteiger charge is -2.04. The first-order chi connectivity index (χ1) is 15.1. The molecule has 2 N–H and O–H groups in total. The van der Waals surface area contributed by atoms with E-state index in [1.54, 1.807) is 48.5 Å². The van der Waals surface area contributed by atoms with Gasteiger partial charge in [-0.15, -0.1) is 10.2 Å². The molecule has 0 saturated carbocycles. The summed E-state index contributed by atoms with van der Waals surface area (Å²) < 4.78 is 1.26. The largest absolute Gasteiger partial charge is 0.325 e. The van der Waals surface area contributed by atoms with Crippen LogP contribution in [0, 0.1) is 22.7 Å².